The predicted octanol–water partition coefficient (Wildman–Crippen LogP) is 3.34. The van der Waals surface area contributed by atoms with Gasteiger partial charge in [0.15, 0.2) is 0 Å². The molecule has 0 aliphatic heterocycles. The molecule has 1 aromatic carbocycles. The summed E-state index contributed by atoms with van der Waals surface area (Å²) in [6, 6.07) is 7.60. The molecule has 6 nitrogen and oxygen atoms in total. The third-order valence-corrected chi connectivity index (χ3v) is 4.17. The van der Waals surface area contributed by atoms with Crippen molar-refractivity contribution >= 4 is 22.5 Å². The number of ether oxygens (including phenoxy) is 1. The van der Waals surface area contributed by atoms with Crippen LogP contribution in [0.1, 0.15) is 24.6 Å². The maximum absolute atomic E-state index is 12.2. The van der Waals surface area contributed by atoms with Crippen molar-refractivity contribution in [2.45, 2.75) is 33.2 Å². The van der Waals surface area contributed by atoms with E-state index in [0.29, 0.717) is 18.5 Å². The van der Waals surface area contributed by atoms with Crippen molar-refractivity contribution in [3.63, 3.8) is 0 Å². The maximum atomic E-state index is 12.2. The van der Waals surface area contributed by atoms with E-state index in [9.17, 15) is 4.79 Å². The molecule has 0 atom stereocenters. The lowest BCUT2D eigenvalue weighted by molar-refractivity contribution is -0.116. The number of rotatable bonds is 6. The molecule has 0 bridgehead atoms. The first kappa shape index (κ1) is 17.0. The molecule has 1 N–H and O–H groups in total. The van der Waals surface area contributed by atoms with Gasteiger partial charge in [-0.2, -0.15) is 5.10 Å². The van der Waals surface area contributed by atoms with E-state index in [2.05, 4.69) is 15.4 Å². The molecule has 2 aromatic heterocycles. The number of nitrogens with zero attached hydrogens (tertiary/aromatic N) is 3. The lowest BCUT2D eigenvalue weighted by atomic mass is 10.1. The van der Waals surface area contributed by atoms with E-state index < -0.39 is 0 Å². The van der Waals surface area contributed by atoms with Crippen molar-refractivity contribution in [1.29, 1.82) is 0 Å². The van der Waals surface area contributed by atoms with Crippen LogP contribution in [0.3, 0.4) is 0 Å². The second-order valence-corrected chi connectivity index (χ2v) is 5.93. The van der Waals surface area contributed by atoms with Gasteiger partial charge in [0, 0.05) is 30.6 Å². The van der Waals surface area contributed by atoms with Crippen molar-refractivity contribution in [2.75, 3.05) is 12.4 Å². The van der Waals surface area contributed by atoms with Crippen molar-refractivity contribution in [3.05, 3.63) is 47.9 Å². The average Bonchev–Trinajstić information content (AvgIpc) is 2.99. The molecular formula is C19H22N4O2. The third kappa shape index (κ3) is 3.96. The van der Waals surface area contributed by atoms with Crippen molar-refractivity contribution in [3.8, 4) is 5.75 Å². The minimum atomic E-state index is -0.0293. The van der Waals surface area contributed by atoms with E-state index in [1.165, 1.54) is 0 Å². The minimum Gasteiger partial charge on any atom is -0.497 e. The molecule has 25 heavy (non-hydrogen) atoms. The molecule has 3 rings (SSSR count). The van der Waals surface area contributed by atoms with Crippen molar-refractivity contribution in [2.24, 2.45) is 0 Å². The molecular weight excluding hydrogens is 316 g/mol. The molecule has 1 amide bonds. The summed E-state index contributed by atoms with van der Waals surface area (Å²) in [5.41, 5.74) is 3.63. The van der Waals surface area contributed by atoms with Gasteiger partial charge in [-0.3, -0.25) is 14.5 Å². The van der Waals surface area contributed by atoms with Gasteiger partial charge in [0.1, 0.15) is 5.75 Å². The summed E-state index contributed by atoms with van der Waals surface area (Å²) in [5.74, 6) is 0.734. The number of nitrogens with one attached hydrogen (secondary N) is 1. The standard InChI is InChI=1S/C19H22N4O2/c1-4-23-12-15(13(2)22-23)6-8-19(24)21-16-9-14-5-7-17(25-3)10-18(14)20-11-16/h5,7,9-12H,4,6,8H2,1-3H3,(H,21,24). The van der Waals surface area contributed by atoms with E-state index >= 15 is 0 Å². The lowest BCUT2D eigenvalue weighted by Crippen LogP contribution is -2.12. The molecule has 0 spiro atoms. The second kappa shape index (κ2) is 7.34. The Balaban J connectivity index is 1.64. The van der Waals surface area contributed by atoms with Crippen molar-refractivity contribution < 1.29 is 9.53 Å². The highest BCUT2D eigenvalue weighted by atomic mass is 16.5. The van der Waals surface area contributed by atoms with Gasteiger partial charge in [0.25, 0.3) is 0 Å². The molecule has 0 unspecified atom stereocenters. The smallest absolute Gasteiger partial charge is 0.224 e. The fourth-order valence-electron chi connectivity index (χ4n) is 2.73. The van der Waals surface area contributed by atoms with Crippen LogP contribution < -0.4 is 10.1 Å². The first-order chi connectivity index (χ1) is 12.1. The van der Waals surface area contributed by atoms with E-state index in [1.54, 1.807) is 13.3 Å². The Morgan fingerprint density at radius 2 is 2.16 bits per heavy atom. The maximum Gasteiger partial charge on any atom is 0.224 e. The Hall–Kier alpha value is -2.89. The third-order valence-electron chi connectivity index (χ3n) is 4.17. The summed E-state index contributed by atoms with van der Waals surface area (Å²) in [7, 11) is 1.63. The topological polar surface area (TPSA) is 69.0 Å². The Bertz CT molecular complexity index is 902. The zero-order valence-corrected chi connectivity index (χ0v) is 14.7. The van der Waals surface area contributed by atoms with Gasteiger partial charge in [-0.25, -0.2) is 0 Å². The largest absolute Gasteiger partial charge is 0.497 e. The molecule has 0 aliphatic carbocycles. The highest BCUT2D eigenvalue weighted by molar-refractivity contribution is 5.93. The van der Waals surface area contributed by atoms with Crippen LogP contribution in [-0.2, 0) is 17.8 Å². The Morgan fingerprint density at radius 3 is 2.88 bits per heavy atom. The number of benzene rings is 1. The fourth-order valence-corrected chi connectivity index (χ4v) is 2.73. The number of aromatic nitrogens is 3. The van der Waals surface area contributed by atoms with Crippen LogP contribution in [0.2, 0.25) is 0 Å². The summed E-state index contributed by atoms with van der Waals surface area (Å²) >= 11 is 0. The summed E-state index contributed by atoms with van der Waals surface area (Å²) < 4.78 is 7.09. The predicted molar refractivity (Wildman–Crippen MR) is 97.9 cm³/mol. The number of methoxy groups -OCH3 is 1. The van der Waals surface area contributed by atoms with Gasteiger partial charge < -0.3 is 10.1 Å². The zero-order chi connectivity index (χ0) is 17.8. The molecule has 3 aromatic rings. The van der Waals surface area contributed by atoms with Gasteiger partial charge >= 0.3 is 0 Å². The summed E-state index contributed by atoms with van der Waals surface area (Å²) in [5, 5.41) is 8.27. The Morgan fingerprint density at radius 1 is 1.32 bits per heavy atom. The van der Waals surface area contributed by atoms with Crippen LogP contribution >= 0.6 is 0 Å². The first-order valence-electron chi connectivity index (χ1n) is 8.35. The number of carbonyl (C=O) groups is 1. The fraction of sp³-hybridized carbons (Fsp3) is 0.316. The number of aryl methyl sites for hydroxylation is 3. The van der Waals surface area contributed by atoms with E-state index in [4.69, 9.17) is 4.74 Å². The number of hydrogen-bond donors (Lipinski definition) is 1. The van der Waals surface area contributed by atoms with Gasteiger partial charge in [0.2, 0.25) is 5.91 Å². The molecule has 0 radical (unpaired) electrons. The number of pyridine rings is 1. The number of anilines is 1. The molecule has 0 aliphatic rings. The van der Waals surface area contributed by atoms with E-state index in [1.807, 2.05) is 49.0 Å². The number of fused-ring (bicyclic) bond motifs is 1. The SMILES string of the molecule is CCn1cc(CCC(=O)Nc2cnc3cc(OC)ccc3c2)c(C)n1. The van der Waals surface area contributed by atoms with Crippen molar-refractivity contribution in [1.82, 2.24) is 14.8 Å². The molecule has 0 saturated heterocycles. The van der Waals surface area contributed by atoms with Crippen LogP contribution in [0.5, 0.6) is 5.75 Å². The highest BCUT2D eigenvalue weighted by Crippen LogP contribution is 2.21. The average molecular weight is 338 g/mol. The zero-order valence-electron chi connectivity index (χ0n) is 14.7. The first-order valence-corrected chi connectivity index (χ1v) is 8.35. The molecule has 0 fully saturated rings. The van der Waals surface area contributed by atoms with Crippen LogP contribution in [0.4, 0.5) is 5.69 Å². The Labute approximate surface area is 146 Å². The second-order valence-electron chi connectivity index (χ2n) is 5.93. The molecule has 6 heteroatoms. The molecule has 0 saturated carbocycles. The van der Waals surface area contributed by atoms with Crippen LogP contribution in [-0.4, -0.2) is 27.8 Å². The minimum absolute atomic E-state index is 0.0293. The highest BCUT2D eigenvalue weighted by Gasteiger charge is 2.09. The summed E-state index contributed by atoms with van der Waals surface area (Å²) in [6.07, 6.45) is 4.76. The number of carbonyl (C=O) groups excluding carboxylic acids is 1. The molecule has 2 heterocycles. The van der Waals surface area contributed by atoms with Crippen LogP contribution in [0.25, 0.3) is 10.9 Å². The van der Waals surface area contributed by atoms with E-state index in [-0.39, 0.29) is 5.91 Å². The number of hydrogen-bond acceptors (Lipinski definition) is 4. The monoisotopic (exact) mass is 338 g/mol. The Kier molecular flexibility index (Phi) is 4.97. The van der Waals surface area contributed by atoms with Crippen LogP contribution in [0, 0.1) is 6.92 Å². The normalized spacial score (nSPS) is 10.8. The molecule has 130 valence electrons. The van der Waals surface area contributed by atoms with Gasteiger partial charge in [-0.15, -0.1) is 0 Å². The summed E-state index contributed by atoms with van der Waals surface area (Å²) in [4.78, 5) is 16.6. The van der Waals surface area contributed by atoms with Crippen LogP contribution in [0.15, 0.2) is 36.7 Å². The lowest BCUT2D eigenvalue weighted by Gasteiger charge is -2.07. The summed E-state index contributed by atoms with van der Waals surface area (Å²) in [6.45, 7) is 4.85. The van der Waals surface area contributed by atoms with E-state index in [0.717, 1.165) is 34.5 Å². The van der Waals surface area contributed by atoms with Gasteiger partial charge in [-0.05, 0) is 44.0 Å². The number of amides is 1. The van der Waals surface area contributed by atoms with Gasteiger partial charge in [-0.1, -0.05) is 0 Å². The quantitative estimate of drug-likeness (QED) is 0.748. The van der Waals surface area contributed by atoms with Gasteiger partial charge in [0.05, 0.1) is 30.2 Å².